The lowest BCUT2D eigenvalue weighted by atomic mass is 10.1. The molecule has 6 nitrogen and oxygen atoms in total. The Morgan fingerprint density at radius 1 is 0.649 bits per heavy atom. The summed E-state index contributed by atoms with van der Waals surface area (Å²) >= 11 is 0. The molecule has 0 saturated heterocycles. The zero-order chi connectivity index (χ0) is 26.2. The summed E-state index contributed by atoms with van der Waals surface area (Å²) in [6, 6.07) is 31.7. The summed E-state index contributed by atoms with van der Waals surface area (Å²) in [6.07, 6.45) is 0. The molecule has 0 saturated carbocycles. The van der Waals surface area contributed by atoms with E-state index in [1.165, 1.54) is 20.3 Å². The van der Waals surface area contributed by atoms with Gasteiger partial charge >= 0.3 is 11.9 Å². The predicted molar refractivity (Wildman–Crippen MR) is 143 cm³/mol. The molecule has 0 amide bonds. The fourth-order valence-electron chi connectivity index (χ4n) is 3.89. The maximum atomic E-state index is 11.8. The Kier molecular flexibility index (Phi) is 8.01. The van der Waals surface area contributed by atoms with E-state index >= 15 is 0 Å². The van der Waals surface area contributed by atoms with Gasteiger partial charge in [-0.05, 0) is 40.6 Å². The van der Waals surface area contributed by atoms with Crippen molar-refractivity contribution in [2.24, 2.45) is 0 Å². The first-order valence-corrected chi connectivity index (χ1v) is 11.6. The molecule has 0 bridgehead atoms. The van der Waals surface area contributed by atoms with Gasteiger partial charge in [0.15, 0.2) is 0 Å². The minimum atomic E-state index is -0.448. The summed E-state index contributed by atoms with van der Waals surface area (Å²) in [5.74, 6) is -0.0396. The van der Waals surface area contributed by atoms with Crippen LogP contribution in [0, 0.1) is 0 Å². The number of hydrogen-bond donors (Lipinski definition) is 1. The topological polar surface area (TPSA) is 82.1 Å². The van der Waals surface area contributed by atoms with E-state index in [0.717, 1.165) is 27.1 Å². The second kappa shape index (κ2) is 11.7. The third-order valence-electron chi connectivity index (χ3n) is 5.74. The minimum absolute atomic E-state index is 0.0912. The number of esters is 2. The van der Waals surface area contributed by atoms with Gasteiger partial charge in [0.25, 0.3) is 0 Å². The SMILES string of the molecule is COC(=O)c1cc(O)c2ccccc2c1.COC(=O)c1cc(OCc2ccccc2)c2ccccc2c1. The lowest BCUT2D eigenvalue weighted by Gasteiger charge is -2.11. The predicted octanol–water partition coefficient (Wildman–Crippen LogP) is 6.54. The Bertz CT molecular complexity index is 1540. The van der Waals surface area contributed by atoms with E-state index < -0.39 is 5.97 Å². The van der Waals surface area contributed by atoms with Gasteiger partial charge in [-0.2, -0.15) is 0 Å². The molecule has 5 rings (SSSR count). The van der Waals surface area contributed by atoms with Crippen LogP contribution in [0.4, 0.5) is 0 Å². The van der Waals surface area contributed by atoms with Crippen molar-refractivity contribution in [3.63, 3.8) is 0 Å². The summed E-state index contributed by atoms with van der Waals surface area (Å²) in [5, 5.41) is 13.2. The Hall–Kier alpha value is -4.84. The van der Waals surface area contributed by atoms with E-state index in [9.17, 15) is 14.7 Å². The Morgan fingerprint density at radius 2 is 1.16 bits per heavy atom. The second-order valence-corrected chi connectivity index (χ2v) is 8.17. The summed E-state index contributed by atoms with van der Waals surface area (Å²) in [5.41, 5.74) is 1.92. The fraction of sp³-hybridized carbons (Fsp3) is 0.0968. The number of fused-ring (bicyclic) bond motifs is 2. The molecule has 0 aliphatic carbocycles. The van der Waals surface area contributed by atoms with Crippen LogP contribution in [-0.2, 0) is 16.1 Å². The monoisotopic (exact) mass is 494 g/mol. The molecule has 5 aromatic carbocycles. The van der Waals surface area contributed by atoms with Crippen LogP contribution in [0.2, 0.25) is 0 Å². The maximum Gasteiger partial charge on any atom is 0.338 e. The molecule has 0 heterocycles. The first-order valence-electron chi connectivity index (χ1n) is 11.6. The second-order valence-electron chi connectivity index (χ2n) is 8.17. The summed E-state index contributed by atoms with van der Waals surface area (Å²) in [4.78, 5) is 23.1. The maximum absolute atomic E-state index is 11.8. The van der Waals surface area contributed by atoms with E-state index in [2.05, 4.69) is 4.74 Å². The molecule has 0 fully saturated rings. The first-order chi connectivity index (χ1) is 18.0. The average molecular weight is 495 g/mol. The minimum Gasteiger partial charge on any atom is -0.507 e. The molecule has 0 spiro atoms. The molecule has 0 atom stereocenters. The number of phenolic OH excluding ortho intramolecular Hbond substituents is 1. The molecule has 5 aromatic rings. The lowest BCUT2D eigenvalue weighted by Crippen LogP contribution is -2.03. The smallest absolute Gasteiger partial charge is 0.338 e. The lowest BCUT2D eigenvalue weighted by molar-refractivity contribution is 0.0591. The van der Waals surface area contributed by atoms with Crippen LogP contribution in [0.15, 0.2) is 103 Å². The van der Waals surface area contributed by atoms with Gasteiger partial charge in [0.2, 0.25) is 0 Å². The van der Waals surface area contributed by atoms with E-state index in [0.29, 0.717) is 23.5 Å². The number of carbonyl (C=O) groups excluding carboxylic acids is 2. The van der Waals surface area contributed by atoms with Crippen LogP contribution in [0.1, 0.15) is 26.3 Å². The molecule has 186 valence electrons. The fourth-order valence-corrected chi connectivity index (χ4v) is 3.89. The molecule has 0 aliphatic rings. The molecule has 0 radical (unpaired) electrons. The number of aromatic hydroxyl groups is 1. The first kappa shape index (κ1) is 25.3. The number of phenols is 1. The van der Waals surface area contributed by atoms with Crippen molar-refractivity contribution < 1.29 is 28.9 Å². The molecule has 37 heavy (non-hydrogen) atoms. The van der Waals surface area contributed by atoms with Crippen LogP contribution in [-0.4, -0.2) is 31.3 Å². The highest BCUT2D eigenvalue weighted by atomic mass is 16.5. The summed E-state index contributed by atoms with van der Waals surface area (Å²) in [6.45, 7) is 0.454. The van der Waals surface area contributed by atoms with Crippen molar-refractivity contribution in [3.8, 4) is 11.5 Å². The molecular formula is C31H26O6. The highest BCUT2D eigenvalue weighted by Gasteiger charge is 2.12. The van der Waals surface area contributed by atoms with Crippen molar-refractivity contribution in [1.29, 1.82) is 0 Å². The van der Waals surface area contributed by atoms with Gasteiger partial charge in [-0.25, -0.2) is 9.59 Å². The standard InChI is InChI=1S/C19H16O3.C12H10O3/c1-21-19(20)16-11-15-9-5-6-10-17(15)18(12-16)22-13-14-7-3-2-4-8-14;1-15-12(14)9-6-8-4-2-3-5-10(8)11(13)7-9/h2-12H,13H2,1H3;2-7,13H,1H3. The normalized spacial score (nSPS) is 10.3. The van der Waals surface area contributed by atoms with Crippen molar-refractivity contribution in [3.05, 3.63) is 120 Å². The van der Waals surface area contributed by atoms with Gasteiger partial charge in [-0.15, -0.1) is 0 Å². The van der Waals surface area contributed by atoms with Gasteiger partial charge in [-0.3, -0.25) is 0 Å². The average Bonchev–Trinajstić information content (AvgIpc) is 2.95. The number of rotatable bonds is 5. The van der Waals surface area contributed by atoms with Gasteiger partial charge in [0.1, 0.15) is 18.1 Å². The Morgan fingerprint density at radius 3 is 1.78 bits per heavy atom. The number of carbonyl (C=O) groups is 2. The van der Waals surface area contributed by atoms with Gasteiger partial charge in [0.05, 0.1) is 25.3 Å². The van der Waals surface area contributed by atoms with E-state index in [1.54, 1.807) is 18.2 Å². The van der Waals surface area contributed by atoms with E-state index in [1.807, 2.05) is 78.9 Å². The number of benzene rings is 5. The van der Waals surface area contributed by atoms with Crippen LogP contribution in [0.5, 0.6) is 11.5 Å². The largest absolute Gasteiger partial charge is 0.507 e. The molecule has 1 N–H and O–H groups in total. The molecular weight excluding hydrogens is 468 g/mol. The van der Waals surface area contributed by atoms with Crippen LogP contribution >= 0.6 is 0 Å². The van der Waals surface area contributed by atoms with Gasteiger partial charge in [-0.1, -0.05) is 78.9 Å². The summed E-state index contributed by atoms with van der Waals surface area (Å²) in [7, 11) is 2.69. The van der Waals surface area contributed by atoms with Gasteiger partial charge in [0, 0.05) is 10.8 Å². The summed E-state index contributed by atoms with van der Waals surface area (Å²) < 4.78 is 15.3. The number of ether oxygens (including phenoxy) is 3. The highest BCUT2D eigenvalue weighted by Crippen LogP contribution is 2.29. The van der Waals surface area contributed by atoms with Crippen LogP contribution < -0.4 is 4.74 Å². The molecule has 6 heteroatoms. The van der Waals surface area contributed by atoms with Gasteiger partial charge < -0.3 is 19.3 Å². The van der Waals surface area contributed by atoms with Crippen molar-refractivity contribution in [1.82, 2.24) is 0 Å². The third kappa shape index (κ3) is 6.05. The molecule has 0 aliphatic heterocycles. The molecule has 0 aromatic heterocycles. The molecule has 0 unspecified atom stereocenters. The van der Waals surface area contributed by atoms with Crippen molar-refractivity contribution in [2.75, 3.05) is 14.2 Å². The van der Waals surface area contributed by atoms with Crippen LogP contribution in [0.3, 0.4) is 0 Å². The zero-order valence-corrected chi connectivity index (χ0v) is 20.5. The number of methoxy groups -OCH3 is 2. The van der Waals surface area contributed by atoms with E-state index in [-0.39, 0.29) is 11.7 Å². The van der Waals surface area contributed by atoms with Crippen molar-refractivity contribution >= 4 is 33.5 Å². The Balaban J connectivity index is 0.000000186. The van der Waals surface area contributed by atoms with E-state index in [4.69, 9.17) is 9.47 Å². The zero-order valence-electron chi connectivity index (χ0n) is 20.5. The third-order valence-corrected chi connectivity index (χ3v) is 5.74. The number of hydrogen-bond acceptors (Lipinski definition) is 6. The van der Waals surface area contributed by atoms with Crippen molar-refractivity contribution in [2.45, 2.75) is 6.61 Å². The quantitative estimate of drug-likeness (QED) is 0.280. The highest BCUT2D eigenvalue weighted by molar-refractivity contribution is 5.99. The van der Waals surface area contributed by atoms with Crippen LogP contribution in [0.25, 0.3) is 21.5 Å². The Labute approximate surface area is 214 Å².